The number of fused-ring (bicyclic) bond motifs is 1. The fourth-order valence-electron chi connectivity index (χ4n) is 4.18. The van der Waals surface area contributed by atoms with Gasteiger partial charge in [-0.2, -0.15) is 0 Å². The van der Waals surface area contributed by atoms with Gasteiger partial charge >= 0.3 is 5.69 Å². The van der Waals surface area contributed by atoms with Gasteiger partial charge in [0.15, 0.2) is 5.52 Å². The monoisotopic (exact) mass is 493 g/mol. The van der Waals surface area contributed by atoms with E-state index in [1.165, 1.54) is 0 Å². The van der Waals surface area contributed by atoms with E-state index < -0.39 is 4.92 Å². The van der Waals surface area contributed by atoms with Crippen LogP contribution in [0.5, 0.6) is 5.75 Å². The van der Waals surface area contributed by atoms with Gasteiger partial charge in [-0.05, 0) is 66.1 Å². The molecule has 0 aliphatic rings. The highest BCUT2D eigenvalue weighted by Gasteiger charge is 2.33. The maximum atomic E-state index is 12.1. The molecule has 0 amide bonds. The second-order valence-electron chi connectivity index (χ2n) is 8.39. The van der Waals surface area contributed by atoms with E-state index in [9.17, 15) is 15.2 Å². The van der Waals surface area contributed by atoms with Crippen molar-refractivity contribution >= 4 is 33.8 Å². The number of ether oxygens (including phenoxy) is 1. The van der Waals surface area contributed by atoms with E-state index in [1.807, 2.05) is 42.2 Å². The van der Waals surface area contributed by atoms with Crippen molar-refractivity contribution in [3.8, 4) is 5.75 Å². The number of aliphatic hydroxyl groups is 1. The van der Waals surface area contributed by atoms with Crippen LogP contribution in [0.3, 0.4) is 0 Å². The van der Waals surface area contributed by atoms with Crippen LogP contribution < -0.4 is 14.5 Å². The summed E-state index contributed by atoms with van der Waals surface area (Å²) in [5, 5.41) is 29.5. The molecule has 4 aromatic rings. The molecule has 0 radical (unpaired) electrons. The van der Waals surface area contributed by atoms with E-state index >= 15 is 0 Å². The number of nitrogens with zero attached hydrogens (tertiary/aromatic N) is 5. The Morgan fingerprint density at radius 2 is 1.94 bits per heavy atom. The van der Waals surface area contributed by atoms with Gasteiger partial charge < -0.3 is 24.1 Å². The van der Waals surface area contributed by atoms with Gasteiger partial charge in [0.2, 0.25) is 5.52 Å². The number of methoxy groups -OCH3 is 1. The highest BCUT2D eigenvalue weighted by molar-refractivity contribution is 6.01. The Kier molecular flexibility index (Phi) is 7.20. The Labute approximate surface area is 207 Å². The first-order valence-electron chi connectivity index (χ1n) is 11.2. The topological polar surface area (TPSA) is 131 Å². The van der Waals surface area contributed by atoms with E-state index in [2.05, 4.69) is 16.9 Å². The summed E-state index contributed by atoms with van der Waals surface area (Å²) in [6.07, 6.45) is 2.11. The standard InChI is InChI=1S/C25H27N5O6/c1-16(2)14-19(22-6-5-13-35-22)29(17-7-9-18(34-4)10-8-17)20-15-21(28(3)11-12-31)25(30(32)33)24-23(20)26-36-27-24/h5-10,13,15,19,31H,1,11-12,14H2,2-4H3. The molecule has 11 heteroatoms. The minimum absolute atomic E-state index is 0.00400. The predicted octanol–water partition coefficient (Wildman–Crippen LogP) is 5.01. The van der Waals surface area contributed by atoms with Gasteiger partial charge in [-0.1, -0.05) is 5.57 Å². The van der Waals surface area contributed by atoms with Gasteiger partial charge in [-0.15, -0.1) is 6.58 Å². The zero-order valence-electron chi connectivity index (χ0n) is 20.2. The molecule has 4 rings (SSSR count). The summed E-state index contributed by atoms with van der Waals surface area (Å²) in [7, 11) is 3.25. The molecule has 2 aromatic carbocycles. The van der Waals surface area contributed by atoms with Crippen LogP contribution in [0.25, 0.3) is 11.0 Å². The number of rotatable bonds is 11. The number of hydrogen-bond acceptors (Lipinski definition) is 10. The fraction of sp³-hybridized carbons (Fsp3) is 0.280. The number of nitro groups is 1. The molecule has 2 aromatic heterocycles. The van der Waals surface area contributed by atoms with Crippen LogP contribution in [0.4, 0.5) is 22.7 Å². The van der Waals surface area contributed by atoms with E-state index in [4.69, 9.17) is 13.8 Å². The van der Waals surface area contributed by atoms with Crippen molar-refractivity contribution in [1.82, 2.24) is 10.3 Å². The van der Waals surface area contributed by atoms with Crippen LogP contribution in [0.2, 0.25) is 0 Å². The summed E-state index contributed by atoms with van der Waals surface area (Å²) in [5.41, 5.74) is 2.41. The summed E-state index contributed by atoms with van der Waals surface area (Å²) in [6.45, 7) is 6.01. The average molecular weight is 494 g/mol. The summed E-state index contributed by atoms with van der Waals surface area (Å²) in [5.74, 6) is 1.34. The molecule has 1 atom stereocenters. The third kappa shape index (κ3) is 4.73. The highest BCUT2D eigenvalue weighted by Crippen LogP contribution is 2.46. The smallest absolute Gasteiger partial charge is 0.323 e. The molecule has 1 unspecified atom stereocenters. The Hall–Kier alpha value is -4.38. The lowest BCUT2D eigenvalue weighted by molar-refractivity contribution is -0.382. The van der Waals surface area contributed by atoms with Crippen molar-refractivity contribution < 1.29 is 23.8 Å². The maximum Gasteiger partial charge on any atom is 0.323 e. The molecule has 0 saturated carbocycles. The van der Waals surface area contributed by atoms with Crippen LogP contribution in [-0.2, 0) is 0 Å². The number of nitro benzene ring substituents is 1. The molecule has 0 bridgehead atoms. The fourth-order valence-corrected chi connectivity index (χ4v) is 4.18. The Bertz CT molecular complexity index is 1350. The predicted molar refractivity (Wildman–Crippen MR) is 135 cm³/mol. The summed E-state index contributed by atoms with van der Waals surface area (Å²) < 4.78 is 16.2. The number of hydrogen-bond donors (Lipinski definition) is 1. The first-order valence-corrected chi connectivity index (χ1v) is 11.2. The summed E-state index contributed by atoms with van der Waals surface area (Å²) in [6, 6.07) is 12.4. The van der Waals surface area contributed by atoms with Gasteiger partial charge in [-0.25, -0.2) is 4.63 Å². The molecule has 36 heavy (non-hydrogen) atoms. The minimum Gasteiger partial charge on any atom is -0.497 e. The van der Waals surface area contributed by atoms with Crippen molar-refractivity contribution in [2.24, 2.45) is 0 Å². The maximum absolute atomic E-state index is 12.1. The van der Waals surface area contributed by atoms with Crippen LogP contribution in [0, 0.1) is 10.1 Å². The SMILES string of the molecule is C=C(C)CC(c1ccco1)N(c1ccc(OC)cc1)c1cc(N(C)CCO)c([N+](=O)[O-])c2nonc12. The van der Waals surface area contributed by atoms with Crippen molar-refractivity contribution in [2.75, 3.05) is 37.1 Å². The number of anilines is 3. The molecule has 188 valence electrons. The Balaban J connectivity index is 2.04. The number of likely N-dealkylation sites (N-methyl/N-ethyl adjacent to an activating group) is 1. The molecule has 0 aliphatic heterocycles. The molecule has 2 heterocycles. The van der Waals surface area contributed by atoms with E-state index in [0.717, 1.165) is 11.3 Å². The third-order valence-electron chi connectivity index (χ3n) is 5.84. The first-order chi connectivity index (χ1) is 17.3. The molecular formula is C25H27N5O6. The molecule has 11 nitrogen and oxygen atoms in total. The summed E-state index contributed by atoms with van der Waals surface area (Å²) >= 11 is 0. The minimum atomic E-state index is -0.519. The molecule has 0 spiro atoms. The second-order valence-corrected chi connectivity index (χ2v) is 8.39. The largest absolute Gasteiger partial charge is 0.497 e. The Morgan fingerprint density at radius 1 is 1.22 bits per heavy atom. The van der Waals surface area contributed by atoms with Crippen molar-refractivity contribution in [1.29, 1.82) is 0 Å². The zero-order chi connectivity index (χ0) is 25.8. The lowest BCUT2D eigenvalue weighted by Crippen LogP contribution is -2.26. The van der Waals surface area contributed by atoms with Crippen LogP contribution in [0.1, 0.15) is 25.1 Å². The molecular weight excluding hydrogens is 466 g/mol. The van der Waals surface area contributed by atoms with Gasteiger partial charge in [0.25, 0.3) is 0 Å². The zero-order valence-corrected chi connectivity index (χ0v) is 20.2. The quantitative estimate of drug-likeness (QED) is 0.173. The molecule has 0 fully saturated rings. The normalized spacial score (nSPS) is 11.9. The lowest BCUT2D eigenvalue weighted by Gasteiger charge is -2.33. The van der Waals surface area contributed by atoms with Crippen LogP contribution in [0.15, 0.2) is 69.9 Å². The molecule has 1 N–H and O–H groups in total. The van der Waals surface area contributed by atoms with Gasteiger partial charge in [0.05, 0.1) is 36.6 Å². The average Bonchev–Trinajstić information content (AvgIpc) is 3.56. The number of aromatic nitrogens is 2. The number of aliphatic hydroxyl groups excluding tert-OH is 1. The van der Waals surface area contributed by atoms with E-state index in [-0.39, 0.29) is 41.6 Å². The van der Waals surface area contributed by atoms with Crippen LogP contribution in [-0.4, -0.2) is 47.7 Å². The van der Waals surface area contributed by atoms with Crippen molar-refractivity contribution in [3.63, 3.8) is 0 Å². The second kappa shape index (κ2) is 10.5. The highest BCUT2D eigenvalue weighted by atomic mass is 16.6. The number of furan rings is 1. The molecule has 0 aliphatic carbocycles. The number of benzene rings is 2. The van der Waals surface area contributed by atoms with E-state index in [0.29, 0.717) is 23.6 Å². The Morgan fingerprint density at radius 3 is 2.53 bits per heavy atom. The van der Waals surface area contributed by atoms with Gasteiger partial charge in [0, 0.05) is 19.3 Å². The van der Waals surface area contributed by atoms with Gasteiger partial charge in [0.1, 0.15) is 17.2 Å². The van der Waals surface area contributed by atoms with Crippen molar-refractivity contribution in [3.05, 3.63) is 76.8 Å². The van der Waals surface area contributed by atoms with Gasteiger partial charge in [-0.3, -0.25) is 10.1 Å². The third-order valence-corrected chi connectivity index (χ3v) is 5.84. The first kappa shape index (κ1) is 24.7. The lowest BCUT2D eigenvalue weighted by atomic mass is 10.0. The van der Waals surface area contributed by atoms with Crippen molar-refractivity contribution in [2.45, 2.75) is 19.4 Å². The van der Waals surface area contributed by atoms with Crippen LogP contribution >= 0.6 is 0 Å². The van der Waals surface area contributed by atoms with E-state index in [1.54, 1.807) is 37.5 Å². The summed E-state index contributed by atoms with van der Waals surface area (Å²) in [4.78, 5) is 15.1. The molecule has 0 saturated heterocycles.